The molecule has 43 heavy (non-hydrogen) atoms. The molecule has 0 saturated carbocycles. The van der Waals surface area contributed by atoms with E-state index in [9.17, 15) is 14.4 Å². The summed E-state index contributed by atoms with van der Waals surface area (Å²) in [6.45, 7) is 1.52. The molecule has 0 spiro atoms. The normalized spacial score (nSPS) is 16.4. The van der Waals surface area contributed by atoms with Crippen LogP contribution in [0.5, 0.6) is 11.5 Å². The van der Waals surface area contributed by atoms with E-state index in [-0.39, 0.29) is 12.6 Å². The number of nitrogens with one attached hydrogen (secondary N) is 1. The van der Waals surface area contributed by atoms with Gasteiger partial charge in [-0.2, -0.15) is 0 Å². The molecule has 1 N–H and O–H groups in total. The number of anilines is 1. The fourth-order valence-corrected chi connectivity index (χ4v) is 5.31. The topological polar surface area (TPSA) is 134 Å². The molecule has 12 heteroatoms. The fourth-order valence-electron chi connectivity index (χ4n) is 5.31. The van der Waals surface area contributed by atoms with Crippen LogP contribution in [0.1, 0.15) is 34.8 Å². The lowest BCUT2D eigenvalue weighted by Crippen LogP contribution is -2.46. The molecule has 1 aromatic heterocycles. The second-order valence-corrected chi connectivity index (χ2v) is 10.2. The Morgan fingerprint density at radius 2 is 1.81 bits per heavy atom. The van der Waals surface area contributed by atoms with Crippen molar-refractivity contribution in [2.45, 2.75) is 31.5 Å². The summed E-state index contributed by atoms with van der Waals surface area (Å²) < 4.78 is 23.6. The molecule has 0 bridgehead atoms. The lowest BCUT2D eigenvalue weighted by Gasteiger charge is -2.32. The van der Waals surface area contributed by atoms with E-state index in [0.717, 1.165) is 12.8 Å². The highest BCUT2D eigenvalue weighted by Gasteiger charge is 2.35. The molecule has 4 aromatic rings. The summed E-state index contributed by atoms with van der Waals surface area (Å²) in [5, 5.41) is 11.4. The van der Waals surface area contributed by atoms with Crippen LogP contribution in [0.15, 0.2) is 66.7 Å². The molecule has 222 valence electrons. The Balaban J connectivity index is 1.41. The summed E-state index contributed by atoms with van der Waals surface area (Å²) >= 11 is 0. The molecule has 3 heterocycles. The molecule has 2 atom stereocenters. The number of nitrogens with zero attached hydrogens (tertiary/aromatic N) is 4. The van der Waals surface area contributed by atoms with Gasteiger partial charge in [0, 0.05) is 24.9 Å². The van der Waals surface area contributed by atoms with E-state index < -0.39 is 23.8 Å². The number of hydrogen-bond donors (Lipinski definition) is 1. The van der Waals surface area contributed by atoms with Crippen molar-refractivity contribution in [3.63, 3.8) is 0 Å². The Labute approximate surface area is 247 Å². The number of benzene rings is 3. The Morgan fingerprint density at radius 1 is 1.02 bits per heavy atom. The van der Waals surface area contributed by atoms with Crippen molar-refractivity contribution in [1.82, 2.24) is 20.3 Å². The Morgan fingerprint density at radius 3 is 2.58 bits per heavy atom. The predicted octanol–water partition coefficient (Wildman–Crippen LogP) is 3.06. The number of methoxy groups -OCH3 is 1. The lowest BCUT2D eigenvalue weighted by molar-refractivity contribution is -0.127. The highest BCUT2D eigenvalue weighted by molar-refractivity contribution is 6.02. The quantitative estimate of drug-likeness (QED) is 0.294. The van der Waals surface area contributed by atoms with E-state index >= 15 is 0 Å². The van der Waals surface area contributed by atoms with Gasteiger partial charge in [0.1, 0.15) is 31.3 Å². The van der Waals surface area contributed by atoms with Crippen LogP contribution in [0, 0.1) is 0 Å². The van der Waals surface area contributed by atoms with Crippen molar-refractivity contribution in [3.05, 3.63) is 77.9 Å². The molecule has 0 radical (unpaired) electrons. The van der Waals surface area contributed by atoms with Crippen LogP contribution in [0.3, 0.4) is 0 Å². The van der Waals surface area contributed by atoms with E-state index in [0.29, 0.717) is 65.7 Å². The third kappa shape index (κ3) is 6.00. The lowest BCUT2D eigenvalue weighted by atomic mass is 10.0. The van der Waals surface area contributed by atoms with Crippen molar-refractivity contribution in [2.24, 2.45) is 0 Å². The summed E-state index contributed by atoms with van der Waals surface area (Å²) in [5.41, 5.74) is 2.55. The van der Waals surface area contributed by atoms with Gasteiger partial charge in [0.05, 0.1) is 24.3 Å². The predicted molar refractivity (Wildman–Crippen MR) is 155 cm³/mol. The first-order valence-electron chi connectivity index (χ1n) is 14.1. The fraction of sp³-hybridized carbons (Fsp3) is 0.323. The smallest absolute Gasteiger partial charge is 0.337 e. The molecule has 12 nitrogen and oxygen atoms in total. The number of hydrogen-bond acceptors (Lipinski definition) is 9. The van der Waals surface area contributed by atoms with Crippen LogP contribution in [-0.2, 0) is 25.6 Å². The van der Waals surface area contributed by atoms with Gasteiger partial charge in [0.2, 0.25) is 11.8 Å². The summed E-state index contributed by atoms with van der Waals surface area (Å²) in [6.07, 6.45) is 1.65. The molecule has 6 rings (SSSR count). The monoisotopic (exact) mass is 585 g/mol. The minimum atomic E-state index is -1.11. The molecule has 2 aliphatic rings. The van der Waals surface area contributed by atoms with Gasteiger partial charge in [-0.1, -0.05) is 29.5 Å². The van der Waals surface area contributed by atoms with Crippen LogP contribution in [0.4, 0.5) is 5.69 Å². The second-order valence-electron chi connectivity index (χ2n) is 10.2. The van der Waals surface area contributed by atoms with E-state index in [4.69, 9.17) is 18.9 Å². The maximum absolute atomic E-state index is 14.3. The van der Waals surface area contributed by atoms with Gasteiger partial charge in [-0.3, -0.25) is 14.5 Å². The van der Waals surface area contributed by atoms with E-state index in [2.05, 4.69) is 15.6 Å². The number of para-hydroxylation sites is 1. The van der Waals surface area contributed by atoms with Gasteiger partial charge < -0.3 is 24.3 Å². The Hall–Kier alpha value is -4.97. The number of fused-ring (bicyclic) bond motifs is 2. The number of esters is 1. The highest BCUT2D eigenvalue weighted by Crippen LogP contribution is 2.37. The standard InChI is InChI=1S/C31H31N5O7/c1-40-31(39)21-10-8-20(9-11-21)29(30(38)32-18-23-5-4-14-41-23)36(22-12-13-26-27(17-22)43-16-15-42-26)28(37)19-35-25-7-3-2-6-24(25)33-34-35/h2-3,6-13,17,23,29H,4-5,14-16,18-19H2,1H3,(H,32,38)/t23-,29+/m0/s1. The number of amides is 2. The number of rotatable bonds is 9. The number of carbonyl (C=O) groups excluding carboxylic acids is 3. The van der Waals surface area contributed by atoms with Gasteiger partial charge in [-0.05, 0) is 54.8 Å². The maximum Gasteiger partial charge on any atom is 0.337 e. The van der Waals surface area contributed by atoms with Gasteiger partial charge >= 0.3 is 5.97 Å². The van der Waals surface area contributed by atoms with Crippen LogP contribution in [0.25, 0.3) is 11.0 Å². The van der Waals surface area contributed by atoms with Gasteiger partial charge in [0.25, 0.3) is 0 Å². The van der Waals surface area contributed by atoms with Crippen LogP contribution >= 0.6 is 0 Å². The number of carbonyl (C=O) groups is 3. The average molecular weight is 586 g/mol. The van der Waals surface area contributed by atoms with Crippen molar-refractivity contribution >= 4 is 34.5 Å². The van der Waals surface area contributed by atoms with Gasteiger partial charge in [0.15, 0.2) is 11.5 Å². The van der Waals surface area contributed by atoms with Gasteiger partial charge in [-0.25, -0.2) is 9.48 Å². The first-order valence-corrected chi connectivity index (χ1v) is 14.1. The SMILES string of the molecule is COC(=O)c1ccc([C@H](C(=O)NC[C@@H]2CCCO2)N(C(=O)Cn2nnc3ccccc32)c2ccc3c(c2)OCCO3)cc1. The third-order valence-electron chi connectivity index (χ3n) is 7.46. The van der Waals surface area contributed by atoms with Crippen LogP contribution in [-0.4, -0.2) is 72.4 Å². The average Bonchev–Trinajstić information content (AvgIpc) is 3.72. The minimum Gasteiger partial charge on any atom is -0.486 e. The zero-order chi connectivity index (χ0) is 29.8. The van der Waals surface area contributed by atoms with E-state index in [1.54, 1.807) is 42.5 Å². The van der Waals surface area contributed by atoms with Crippen LogP contribution < -0.4 is 19.7 Å². The zero-order valence-corrected chi connectivity index (χ0v) is 23.6. The van der Waals surface area contributed by atoms with Crippen molar-refractivity contribution in [2.75, 3.05) is 38.4 Å². The summed E-state index contributed by atoms with van der Waals surface area (Å²) in [6, 6.07) is 17.8. The van der Waals surface area contributed by atoms with E-state index in [1.165, 1.54) is 16.7 Å². The summed E-state index contributed by atoms with van der Waals surface area (Å²) in [7, 11) is 1.30. The third-order valence-corrected chi connectivity index (χ3v) is 7.46. The molecule has 2 aliphatic heterocycles. The van der Waals surface area contributed by atoms with E-state index in [1.807, 2.05) is 24.3 Å². The zero-order valence-electron chi connectivity index (χ0n) is 23.6. The highest BCUT2D eigenvalue weighted by atomic mass is 16.6. The Bertz CT molecular complexity index is 1630. The molecule has 0 unspecified atom stereocenters. The van der Waals surface area contributed by atoms with Gasteiger partial charge in [-0.15, -0.1) is 5.10 Å². The summed E-state index contributed by atoms with van der Waals surface area (Å²) in [5.74, 6) is -0.322. The second kappa shape index (κ2) is 12.5. The molecule has 1 saturated heterocycles. The molecule has 1 fully saturated rings. The molecular weight excluding hydrogens is 554 g/mol. The number of aromatic nitrogens is 3. The minimum absolute atomic E-state index is 0.105. The Kier molecular flexibility index (Phi) is 8.18. The van der Waals surface area contributed by atoms with Crippen molar-refractivity contribution in [3.8, 4) is 11.5 Å². The molecule has 3 aromatic carbocycles. The molecule has 0 aliphatic carbocycles. The molecule has 2 amide bonds. The summed E-state index contributed by atoms with van der Waals surface area (Å²) in [4.78, 5) is 41.9. The largest absolute Gasteiger partial charge is 0.486 e. The first kappa shape index (κ1) is 28.2. The van der Waals surface area contributed by atoms with Crippen LogP contribution in [0.2, 0.25) is 0 Å². The van der Waals surface area contributed by atoms with Crippen molar-refractivity contribution in [1.29, 1.82) is 0 Å². The number of ether oxygens (including phenoxy) is 4. The maximum atomic E-state index is 14.3. The molecular formula is C31H31N5O7. The first-order chi connectivity index (χ1) is 21.0. The van der Waals surface area contributed by atoms with Crippen molar-refractivity contribution < 1.29 is 33.3 Å².